The summed E-state index contributed by atoms with van der Waals surface area (Å²) in [5, 5.41) is 9.92. The first-order chi connectivity index (χ1) is 8.01. The van der Waals surface area contributed by atoms with Crippen molar-refractivity contribution in [3.63, 3.8) is 0 Å². The zero-order valence-electron chi connectivity index (χ0n) is 9.34. The second kappa shape index (κ2) is 4.14. The monoisotopic (exact) mass is 232 g/mol. The van der Waals surface area contributed by atoms with Crippen LogP contribution in [0.5, 0.6) is 0 Å². The Morgan fingerprint density at radius 2 is 2.00 bits per heavy atom. The quantitative estimate of drug-likeness (QED) is 0.853. The molecule has 4 heteroatoms. The maximum atomic E-state index is 11.6. The molecule has 1 aliphatic heterocycles. The minimum atomic E-state index is -2.03. The Morgan fingerprint density at radius 1 is 1.35 bits per heavy atom. The second-order valence-corrected chi connectivity index (χ2v) is 4.00. The Hall–Kier alpha value is -1.94. The van der Waals surface area contributed by atoms with Gasteiger partial charge in [0.05, 0.1) is 6.42 Å². The van der Waals surface area contributed by atoms with Crippen molar-refractivity contribution in [1.82, 2.24) is 0 Å². The number of ether oxygens (including phenoxy) is 1. The molecule has 0 saturated carbocycles. The predicted molar refractivity (Wildman–Crippen MR) is 60.8 cm³/mol. The fourth-order valence-electron chi connectivity index (χ4n) is 1.70. The van der Waals surface area contributed by atoms with Crippen molar-refractivity contribution in [2.24, 2.45) is 0 Å². The van der Waals surface area contributed by atoms with Crippen LogP contribution < -0.4 is 0 Å². The third-order valence-electron chi connectivity index (χ3n) is 2.47. The van der Waals surface area contributed by atoms with Crippen molar-refractivity contribution in [2.45, 2.75) is 19.1 Å². The number of carbonyl (C=O) groups excluding carboxylic acids is 2. The first-order valence-corrected chi connectivity index (χ1v) is 5.24. The van der Waals surface area contributed by atoms with Crippen LogP contribution >= 0.6 is 0 Å². The Kier molecular flexibility index (Phi) is 2.81. The van der Waals surface area contributed by atoms with Gasteiger partial charge in [-0.25, -0.2) is 0 Å². The third kappa shape index (κ3) is 2.26. The van der Waals surface area contributed by atoms with Gasteiger partial charge in [0.15, 0.2) is 0 Å². The third-order valence-corrected chi connectivity index (χ3v) is 2.47. The molecule has 2 rings (SSSR count). The molecule has 1 aromatic carbocycles. The van der Waals surface area contributed by atoms with E-state index in [1.54, 1.807) is 24.3 Å². The summed E-state index contributed by atoms with van der Waals surface area (Å²) in [6.45, 7) is 1.30. The van der Waals surface area contributed by atoms with Crippen molar-refractivity contribution in [2.75, 3.05) is 0 Å². The normalized spacial score (nSPS) is 23.2. The van der Waals surface area contributed by atoms with Crippen LogP contribution in [0.15, 0.2) is 36.4 Å². The zero-order valence-corrected chi connectivity index (χ0v) is 9.34. The Bertz CT molecular complexity index is 489. The van der Waals surface area contributed by atoms with Crippen molar-refractivity contribution in [1.29, 1.82) is 0 Å². The SMILES string of the molecule is CC(=O)CC1(O)OC(c2ccccc2)=CC1=O. The molecule has 0 fully saturated rings. The van der Waals surface area contributed by atoms with Crippen LogP contribution in [-0.4, -0.2) is 22.5 Å². The number of hydrogen-bond donors (Lipinski definition) is 1. The average molecular weight is 232 g/mol. The van der Waals surface area contributed by atoms with Crippen LogP contribution in [0.4, 0.5) is 0 Å². The van der Waals surface area contributed by atoms with Crippen LogP contribution in [0.3, 0.4) is 0 Å². The Morgan fingerprint density at radius 3 is 2.59 bits per heavy atom. The Labute approximate surface area is 98.5 Å². The molecule has 4 nitrogen and oxygen atoms in total. The molecule has 0 aromatic heterocycles. The smallest absolute Gasteiger partial charge is 0.279 e. The molecule has 1 atom stereocenters. The van der Waals surface area contributed by atoms with Gasteiger partial charge in [0.2, 0.25) is 5.78 Å². The Balaban J connectivity index is 2.24. The highest BCUT2D eigenvalue weighted by atomic mass is 16.6. The summed E-state index contributed by atoms with van der Waals surface area (Å²) in [6.07, 6.45) is 0.886. The lowest BCUT2D eigenvalue weighted by Gasteiger charge is -2.20. The number of ketones is 2. The van der Waals surface area contributed by atoms with Crippen LogP contribution in [0.1, 0.15) is 18.9 Å². The van der Waals surface area contributed by atoms with Gasteiger partial charge in [0, 0.05) is 11.6 Å². The minimum absolute atomic E-state index is 0.291. The van der Waals surface area contributed by atoms with Crippen molar-refractivity contribution in [3.8, 4) is 0 Å². The fraction of sp³-hybridized carbons (Fsp3) is 0.231. The average Bonchev–Trinajstić information content (AvgIpc) is 2.55. The van der Waals surface area contributed by atoms with Gasteiger partial charge in [-0.05, 0) is 6.92 Å². The number of benzene rings is 1. The first-order valence-electron chi connectivity index (χ1n) is 5.24. The number of aliphatic hydroxyl groups is 1. The molecule has 0 aliphatic carbocycles. The van der Waals surface area contributed by atoms with E-state index in [4.69, 9.17) is 4.74 Å². The molecule has 1 unspecified atom stereocenters. The maximum Gasteiger partial charge on any atom is 0.279 e. The summed E-state index contributed by atoms with van der Waals surface area (Å²) in [6, 6.07) is 8.96. The second-order valence-electron chi connectivity index (χ2n) is 4.00. The van der Waals surface area contributed by atoms with Crippen LogP contribution in [-0.2, 0) is 14.3 Å². The fourth-order valence-corrected chi connectivity index (χ4v) is 1.70. The van der Waals surface area contributed by atoms with E-state index in [0.29, 0.717) is 11.3 Å². The predicted octanol–water partition coefficient (Wildman–Crippen LogP) is 1.29. The summed E-state index contributed by atoms with van der Waals surface area (Å²) in [4.78, 5) is 22.6. The summed E-state index contributed by atoms with van der Waals surface area (Å²) in [5.74, 6) is -2.63. The number of carbonyl (C=O) groups is 2. The van der Waals surface area contributed by atoms with Crippen LogP contribution in [0.2, 0.25) is 0 Å². The van der Waals surface area contributed by atoms with Gasteiger partial charge in [0.25, 0.3) is 5.79 Å². The highest BCUT2D eigenvalue weighted by Crippen LogP contribution is 2.31. The van der Waals surface area contributed by atoms with Crippen LogP contribution in [0.25, 0.3) is 5.76 Å². The van der Waals surface area contributed by atoms with E-state index in [1.807, 2.05) is 6.07 Å². The van der Waals surface area contributed by atoms with E-state index in [9.17, 15) is 14.7 Å². The maximum absolute atomic E-state index is 11.6. The molecule has 0 spiro atoms. The summed E-state index contributed by atoms with van der Waals surface area (Å²) in [5.41, 5.74) is 0.695. The molecule has 0 bridgehead atoms. The zero-order chi connectivity index (χ0) is 12.5. The summed E-state index contributed by atoms with van der Waals surface area (Å²) < 4.78 is 5.20. The molecule has 1 aliphatic rings. The van der Waals surface area contributed by atoms with E-state index in [1.165, 1.54) is 13.0 Å². The first kappa shape index (κ1) is 11.5. The molecular weight excluding hydrogens is 220 g/mol. The molecule has 0 amide bonds. The van der Waals surface area contributed by atoms with Gasteiger partial charge in [-0.2, -0.15) is 0 Å². The molecule has 1 aromatic rings. The minimum Gasteiger partial charge on any atom is -0.453 e. The molecule has 0 radical (unpaired) electrons. The largest absolute Gasteiger partial charge is 0.453 e. The lowest BCUT2D eigenvalue weighted by molar-refractivity contribution is -0.174. The lowest BCUT2D eigenvalue weighted by Crippen LogP contribution is -2.38. The van der Waals surface area contributed by atoms with Gasteiger partial charge >= 0.3 is 0 Å². The van der Waals surface area contributed by atoms with Gasteiger partial charge in [-0.15, -0.1) is 0 Å². The molecule has 17 heavy (non-hydrogen) atoms. The van der Waals surface area contributed by atoms with Gasteiger partial charge < -0.3 is 9.84 Å². The summed E-state index contributed by atoms with van der Waals surface area (Å²) in [7, 11) is 0. The highest BCUT2D eigenvalue weighted by molar-refractivity contribution is 6.06. The number of rotatable bonds is 3. The molecular formula is C13H12O4. The molecule has 88 valence electrons. The number of Topliss-reactive ketones (excluding diaryl/α,β-unsaturated/α-hetero) is 1. The summed E-state index contributed by atoms with van der Waals surface area (Å²) >= 11 is 0. The van der Waals surface area contributed by atoms with Gasteiger partial charge in [-0.1, -0.05) is 30.3 Å². The van der Waals surface area contributed by atoms with E-state index < -0.39 is 11.6 Å². The van der Waals surface area contributed by atoms with E-state index >= 15 is 0 Å². The topological polar surface area (TPSA) is 63.6 Å². The highest BCUT2D eigenvalue weighted by Gasteiger charge is 2.44. The van der Waals surface area contributed by atoms with Crippen LogP contribution in [0, 0.1) is 0 Å². The van der Waals surface area contributed by atoms with E-state index in [0.717, 1.165) is 0 Å². The standard InChI is InChI=1S/C13H12O4/c1-9(14)8-13(16)12(15)7-11(17-13)10-5-3-2-4-6-10/h2-7,16H,8H2,1H3. The lowest BCUT2D eigenvalue weighted by atomic mass is 10.1. The molecule has 1 heterocycles. The van der Waals surface area contributed by atoms with Crippen molar-refractivity contribution >= 4 is 17.3 Å². The van der Waals surface area contributed by atoms with Gasteiger partial charge in [0.1, 0.15) is 11.5 Å². The van der Waals surface area contributed by atoms with Gasteiger partial charge in [-0.3, -0.25) is 9.59 Å². The van der Waals surface area contributed by atoms with E-state index in [-0.39, 0.29) is 12.2 Å². The molecule has 0 saturated heterocycles. The number of hydrogen-bond acceptors (Lipinski definition) is 4. The van der Waals surface area contributed by atoms with E-state index in [2.05, 4.69) is 0 Å². The van der Waals surface area contributed by atoms with Crippen molar-refractivity contribution in [3.05, 3.63) is 42.0 Å². The van der Waals surface area contributed by atoms with Crippen molar-refractivity contribution < 1.29 is 19.4 Å². The molecule has 1 N–H and O–H groups in total.